The maximum atomic E-state index is 13.3. The first kappa shape index (κ1) is 23.4. The smallest absolute Gasteiger partial charge is 0.342 e. The molecule has 1 aromatic carbocycles. The standard InChI is InChI=1S/C21H22N4O8S/c1-12-18(21(27)32-3)19(13(2)33-12)34(30,31)24-8-6-23(7-9-24)20(26)16-11-22-17-5-4-14(25(28)29)10-15(16)17/h4-5,10-11,22H,6-9H2,1-3H3. The molecule has 1 saturated heterocycles. The van der Waals surface area contributed by atoms with Gasteiger partial charge in [0.15, 0.2) is 0 Å². The van der Waals surface area contributed by atoms with E-state index in [1.807, 2.05) is 0 Å². The molecular weight excluding hydrogens is 468 g/mol. The Morgan fingerprint density at radius 2 is 1.82 bits per heavy atom. The fourth-order valence-electron chi connectivity index (χ4n) is 4.14. The number of nitro groups is 1. The number of rotatable bonds is 5. The van der Waals surface area contributed by atoms with E-state index >= 15 is 0 Å². The van der Waals surface area contributed by atoms with Gasteiger partial charge in [-0.3, -0.25) is 14.9 Å². The summed E-state index contributed by atoms with van der Waals surface area (Å²) in [5, 5.41) is 11.5. The van der Waals surface area contributed by atoms with Crippen molar-refractivity contribution in [3.05, 3.63) is 57.2 Å². The van der Waals surface area contributed by atoms with Crippen molar-refractivity contribution >= 4 is 38.5 Å². The number of hydrogen-bond donors (Lipinski definition) is 1. The number of aromatic nitrogens is 1. The molecule has 0 aliphatic carbocycles. The minimum atomic E-state index is -4.09. The first-order chi connectivity index (χ1) is 16.1. The molecule has 0 unspecified atom stereocenters. The average molecular weight is 490 g/mol. The van der Waals surface area contributed by atoms with Gasteiger partial charge in [0.2, 0.25) is 10.0 Å². The number of esters is 1. The number of amides is 1. The highest BCUT2D eigenvalue weighted by Crippen LogP contribution is 2.31. The number of nitro benzene ring substituents is 1. The molecule has 12 nitrogen and oxygen atoms in total. The summed E-state index contributed by atoms with van der Waals surface area (Å²) in [5.41, 5.74) is 0.573. The number of non-ortho nitro benzene ring substituents is 1. The molecular formula is C21H22N4O8S. The number of nitrogens with one attached hydrogen (secondary N) is 1. The van der Waals surface area contributed by atoms with E-state index in [0.717, 1.165) is 7.11 Å². The Morgan fingerprint density at radius 1 is 1.15 bits per heavy atom. The van der Waals surface area contributed by atoms with E-state index in [1.54, 1.807) is 0 Å². The number of piperazine rings is 1. The van der Waals surface area contributed by atoms with E-state index in [0.29, 0.717) is 10.9 Å². The predicted octanol–water partition coefficient (Wildman–Crippen LogP) is 2.22. The van der Waals surface area contributed by atoms with Crippen molar-refractivity contribution in [1.82, 2.24) is 14.2 Å². The van der Waals surface area contributed by atoms with E-state index in [4.69, 9.17) is 9.15 Å². The number of fused-ring (bicyclic) bond motifs is 1. The Kier molecular flexibility index (Phi) is 5.91. The number of ether oxygens (including phenoxy) is 1. The molecule has 0 saturated carbocycles. The van der Waals surface area contributed by atoms with Crippen LogP contribution in [0.4, 0.5) is 5.69 Å². The fourth-order valence-corrected chi connectivity index (χ4v) is 5.93. The van der Waals surface area contributed by atoms with Crippen LogP contribution in [0.25, 0.3) is 10.9 Å². The molecule has 1 fully saturated rings. The van der Waals surface area contributed by atoms with E-state index < -0.39 is 20.9 Å². The van der Waals surface area contributed by atoms with Gasteiger partial charge in [0, 0.05) is 55.4 Å². The molecule has 3 aromatic rings. The van der Waals surface area contributed by atoms with Gasteiger partial charge in [-0.2, -0.15) is 4.31 Å². The molecule has 1 amide bonds. The number of H-pyrrole nitrogens is 1. The lowest BCUT2D eigenvalue weighted by Gasteiger charge is -2.34. The summed E-state index contributed by atoms with van der Waals surface area (Å²) in [6.45, 7) is 3.15. The highest BCUT2D eigenvalue weighted by atomic mass is 32.2. The summed E-state index contributed by atoms with van der Waals surface area (Å²) in [4.78, 5) is 40.1. The number of carbonyl (C=O) groups is 2. The lowest BCUT2D eigenvalue weighted by molar-refractivity contribution is -0.384. The summed E-state index contributed by atoms with van der Waals surface area (Å²) in [5.74, 6) is -0.952. The van der Waals surface area contributed by atoms with Crippen LogP contribution >= 0.6 is 0 Å². The number of benzene rings is 1. The number of furan rings is 1. The molecule has 0 radical (unpaired) electrons. The third-order valence-electron chi connectivity index (χ3n) is 5.82. The maximum absolute atomic E-state index is 13.3. The van der Waals surface area contributed by atoms with Crippen LogP contribution in [0.5, 0.6) is 0 Å². The fraction of sp³-hybridized carbons (Fsp3) is 0.333. The van der Waals surface area contributed by atoms with Crippen LogP contribution in [0, 0.1) is 24.0 Å². The Bertz CT molecular complexity index is 1410. The normalized spacial score (nSPS) is 15.0. The Hall–Kier alpha value is -3.71. The number of aryl methyl sites for hydroxylation is 2. The van der Waals surface area contributed by atoms with Gasteiger partial charge in [-0.1, -0.05) is 0 Å². The zero-order valence-electron chi connectivity index (χ0n) is 18.7. The van der Waals surface area contributed by atoms with Crippen molar-refractivity contribution in [3.8, 4) is 0 Å². The minimum Gasteiger partial charge on any atom is -0.465 e. The molecule has 2 aromatic heterocycles. The second-order valence-corrected chi connectivity index (χ2v) is 9.67. The zero-order valence-corrected chi connectivity index (χ0v) is 19.5. The van der Waals surface area contributed by atoms with Crippen LogP contribution in [0.1, 0.15) is 32.2 Å². The molecule has 0 atom stereocenters. The highest BCUT2D eigenvalue weighted by molar-refractivity contribution is 7.89. The molecule has 34 heavy (non-hydrogen) atoms. The summed E-state index contributed by atoms with van der Waals surface area (Å²) in [7, 11) is -2.93. The third-order valence-corrected chi connectivity index (χ3v) is 7.88. The average Bonchev–Trinajstić information content (AvgIpc) is 3.37. The Balaban J connectivity index is 1.56. The number of methoxy groups -OCH3 is 1. The molecule has 13 heteroatoms. The molecule has 1 N–H and O–H groups in total. The van der Waals surface area contributed by atoms with Crippen LogP contribution in [0.3, 0.4) is 0 Å². The van der Waals surface area contributed by atoms with E-state index in [-0.39, 0.29) is 65.3 Å². The molecule has 3 heterocycles. The summed E-state index contributed by atoms with van der Waals surface area (Å²) < 4.78 is 38.0. The Morgan fingerprint density at radius 3 is 2.44 bits per heavy atom. The Labute approximate surface area is 194 Å². The van der Waals surface area contributed by atoms with Gasteiger partial charge in [-0.25, -0.2) is 13.2 Å². The van der Waals surface area contributed by atoms with E-state index in [1.165, 1.54) is 47.4 Å². The third kappa shape index (κ3) is 3.82. The van der Waals surface area contributed by atoms with Gasteiger partial charge in [0.05, 0.1) is 17.6 Å². The molecule has 0 bridgehead atoms. The second kappa shape index (κ2) is 8.57. The molecule has 1 aliphatic rings. The quantitative estimate of drug-likeness (QED) is 0.324. The monoisotopic (exact) mass is 490 g/mol. The lowest BCUT2D eigenvalue weighted by atomic mass is 10.1. The van der Waals surface area contributed by atoms with Crippen LogP contribution in [-0.2, 0) is 14.8 Å². The summed E-state index contributed by atoms with van der Waals surface area (Å²) >= 11 is 0. The highest BCUT2D eigenvalue weighted by Gasteiger charge is 2.38. The van der Waals surface area contributed by atoms with Gasteiger partial charge in [-0.15, -0.1) is 0 Å². The van der Waals surface area contributed by atoms with E-state index in [9.17, 15) is 28.1 Å². The first-order valence-electron chi connectivity index (χ1n) is 10.3. The van der Waals surface area contributed by atoms with Gasteiger partial charge in [-0.05, 0) is 19.9 Å². The van der Waals surface area contributed by atoms with Crippen LogP contribution < -0.4 is 0 Å². The number of sulfonamides is 1. The van der Waals surface area contributed by atoms with Crippen LogP contribution in [0.15, 0.2) is 33.7 Å². The largest absolute Gasteiger partial charge is 0.465 e. The van der Waals surface area contributed by atoms with Gasteiger partial charge in [0.1, 0.15) is 22.0 Å². The van der Waals surface area contributed by atoms with Crippen LogP contribution in [0.2, 0.25) is 0 Å². The first-order valence-corrected chi connectivity index (χ1v) is 11.7. The number of aromatic amines is 1. The number of hydrogen-bond acceptors (Lipinski definition) is 8. The van der Waals surface area contributed by atoms with Crippen molar-refractivity contribution in [2.45, 2.75) is 18.7 Å². The van der Waals surface area contributed by atoms with Crippen molar-refractivity contribution in [1.29, 1.82) is 0 Å². The molecule has 1 aliphatic heterocycles. The summed E-state index contributed by atoms with van der Waals surface area (Å²) in [6.07, 6.45) is 1.49. The second-order valence-electron chi connectivity index (χ2n) is 7.80. The van der Waals surface area contributed by atoms with Gasteiger partial charge >= 0.3 is 5.97 Å². The van der Waals surface area contributed by atoms with Gasteiger partial charge < -0.3 is 19.0 Å². The molecule has 180 valence electrons. The van der Waals surface area contributed by atoms with Crippen molar-refractivity contribution in [3.63, 3.8) is 0 Å². The maximum Gasteiger partial charge on any atom is 0.342 e. The molecule has 4 rings (SSSR count). The topological polar surface area (TPSA) is 156 Å². The predicted molar refractivity (Wildman–Crippen MR) is 119 cm³/mol. The van der Waals surface area contributed by atoms with Crippen LogP contribution in [-0.4, -0.2) is 72.7 Å². The van der Waals surface area contributed by atoms with Crippen molar-refractivity contribution in [2.24, 2.45) is 0 Å². The minimum absolute atomic E-state index is 0.000850. The number of carbonyl (C=O) groups excluding carboxylic acids is 2. The lowest BCUT2D eigenvalue weighted by Crippen LogP contribution is -2.50. The van der Waals surface area contributed by atoms with Crippen molar-refractivity contribution in [2.75, 3.05) is 33.3 Å². The van der Waals surface area contributed by atoms with Gasteiger partial charge in [0.25, 0.3) is 11.6 Å². The SMILES string of the molecule is COC(=O)c1c(C)oc(C)c1S(=O)(=O)N1CCN(C(=O)c2c[nH]c3ccc([N+](=O)[O-])cc23)CC1. The number of nitrogens with zero attached hydrogens (tertiary/aromatic N) is 3. The van der Waals surface area contributed by atoms with Crippen molar-refractivity contribution < 1.29 is 32.1 Å². The van der Waals surface area contributed by atoms with E-state index in [2.05, 4.69) is 4.98 Å². The zero-order chi connectivity index (χ0) is 24.8. The summed E-state index contributed by atoms with van der Waals surface area (Å²) in [6, 6.07) is 4.21. The molecule has 0 spiro atoms.